The van der Waals surface area contributed by atoms with Gasteiger partial charge in [0.15, 0.2) is 0 Å². The molecule has 1 aromatic heterocycles. The lowest BCUT2D eigenvalue weighted by molar-refractivity contribution is -0.140. The smallest absolute Gasteiger partial charge is 0.296 e. The number of carbonyl (C=O) groups excluding carboxylic acids is 2. The summed E-state index contributed by atoms with van der Waals surface area (Å²) in [6.07, 6.45) is 1.49. The summed E-state index contributed by atoms with van der Waals surface area (Å²) in [6, 6.07) is 23.5. The molecule has 3 aromatic carbocycles. The molecule has 4 aromatic rings. The van der Waals surface area contributed by atoms with Crippen LogP contribution in [0.5, 0.6) is 11.5 Å². The second-order valence-electron chi connectivity index (χ2n) is 8.90. The molecule has 2 N–H and O–H groups in total. The lowest BCUT2D eigenvalue weighted by Crippen LogP contribution is -2.29. The minimum absolute atomic E-state index is 0.0318. The van der Waals surface area contributed by atoms with Crippen molar-refractivity contribution in [2.45, 2.75) is 26.1 Å². The minimum atomic E-state index is -0.858. The lowest BCUT2D eigenvalue weighted by Gasteiger charge is -2.24. The van der Waals surface area contributed by atoms with Crippen molar-refractivity contribution < 1.29 is 29.0 Å². The number of benzene rings is 3. The third-order valence-electron chi connectivity index (χ3n) is 6.27. The van der Waals surface area contributed by atoms with E-state index in [9.17, 15) is 19.8 Å². The van der Waals surface area contributed by atoms with Crippen molar-refractivity contribution in [3.63, 3.8) is 0 Å². The zero-order valence-electron chi connectivity index (χ0n) is 20.1. The van der Waals surface area contributed by atoms with Gasteiger partial charge in [-0.25, -0.2) is 0 Å². The molecule has 7 nitrogen and oxygen atoms in total. The average molecular weight is 496 g/mol. The number of phenolic OH excluding ortho intramolecular Hbond substituents is 1. The van der Waals surface area contributed by atoms with Crippen LogP contribution in [0.1, 0.15) is 34.1 Å². The molecule has 1 amide bonds. The van der Waals surface area contributed by atoms with E-state index in [0.29, 0.717) is 29.2 Å². The molecule has 0 saturated carbocycles. The number of rotatable bonds is 7. The van der Waals surface area contributed by atoms with Gasteiger partial charge in [-0.05, 0) is 66.6 Å². The van der Waals surface area contributed by atoms with Gasteiger partial charge in [-0.15, -0.1) is 0 Å². The summed E-state index contributed by atoms with van der Waals surface area (Å²) in [5, 5.41) is 21.0. The molecule has 186 valence electrons. The molecule has 0 aliphatic carbocycles. The fourth-order valence-electron chi connectivity index (χ4n) is 4.45. The van der Waals surface area contributed by atoms with Gasteiger partial charge in [-0.3, -0.25) is 9.59 Å². The number of Topliss-reactive ketones (excluding diaryl/α,β-unsaturated/α-hetero) is 1. The number of ketones is 1. The monoisotopic (exact) mass is 495 g/mol. The number of nitrogens with zero attached hydrogens (tertiary/aromatic N) is 1. The summed E-state index contributed by atoms with van der Waals surface area (Å²) >= 11 is 0. The maximum atomic E-state index is 13.1. The molecule has 0 radical (unpaired) electrons. The molecule has 5 rings (SSSR count). The van der Waals surface area contributed by atoms with Crippen molar-refractivity contribution in [3.05, 3.63) is 125 Å². The first-order chi connectivity index (χ1) is 17.9. The van der Waals surface area contributed by atoms with Crippen LogP contribution in [0.2, 0.25) is 0 Å². The van der Waals surface area contributed by atoms with Crippen LogP contribution in [0, 0.1) is 6.92 Å². The number of aromatic hydroxyl groups is 1. The Morgan fingerprint density at radius 3 is 2.41 bits per heavy atom. The molecule has 1 fully saturated rings. The molecule has 1 saturated heterocycles. The van der Waals surface area contributed by atoms with Crippen LogP contribution < -0.4 is 4.74 Å². The first kappa shape index (κ1) is 23.9. The van der Waals surface area contributed by atoms with Gasteiger partial charge in [-0.1, -0.05) is 42.0 Å². The van der Waals surface area contributed by atoms with E-state index >= 15 is 0 Å². The number of carbonyl (C=O) groups is 2. The second-order valence-corrected chi connectivity index (χ2v) is 8.90. The highest BCUT2D eigenvalue weighted by Gasteiger charge is 2.46. The summed E-state index contributed by atoms with van der Waals surface area (Å²) in [4.78, 5) is 27.6. The Kier molecular flexibility index (Phi) is 6.51. The van der Waals surface area contributed by atoms with Crippen LogP contribution in [0.4, 0.5) is 0 Å². The molecule has 1 aliphatic heterocycles. The molecule has 7 heteroatoms. The van der Waals surface area contributed by atoms with Crippen molar-refractivity contribution >= 4 is 17.4 Å². The third kappa shape index (κ3) is 4.97. The summed E-state index contributed by atoms with van der Waals surface area (Å²) < 4.78 is 11.3. The third-order valence-corrected chi connectivity index (χ3v) is 6.27. The maximum Gasteiger partial charge on any atom is 0.296 e. The van der Waals surface area contributed by atoms with Crippen molar-refractivity contribution in [3.8, 4) is 11.5 Å². The average Bonchev–Trinajstić information content (AvgIpc) is 3.50. The van der Waals surface area contributed by atoms with E-state index in [1.807, 2.05) is 31.2 Å². The quantitative estimate of drug-likeness (QED) is 0.200. The Balaban J connectivity index is 1.46. The van der Waals surface area contributed by atoms with Crippen molar-refractivity contribution in [2.75, 3.05) is 0 Å². The largest absolute Gasteiger partial charge is 0.508 e. The number of furan rings is 1. The standard InChI is InChI=1S/C30H25NO6/c1-19-4-2-5-20(16-19)18-37-24-13-9-22(10-14-24)28(33)26-27(21-7-11-23(32)12-8-21)31(30(35)29(26)34)17-25-6-3-15-36-25/h2-16,27,32-33H,17-18H2,1H3/b28-26+/t27-/m1/s1. The number of amides is 1. The van der Waals surface area contributed by atoms with Crippen LogP contribution in [-0.2, 0) is 22.7 Å². The summed E-state index contributed by atoms with van der Waals surface area (Å²) in [6.45, 7) is 2.46. The molecular formula is C30H25NO6. The predicted molar refractivity (Wildman–Crippen MR) is 137 cm³/mol. The molecule has 1 aliphatic rings. The summed E-state index contributed by atoms with van der Waals surface area (Å²) in [7, 11) is 0. The number of likely N-dealkylation sites (tertiary alicyclic amines) is 1. The Hall–Kier alpha value is -4.78. The highest BCUT2D eigenvalue weighted by Crippen LogP contribution is 2.40. The molecule has 1 atom stereocenters. The number of phenols is 1. The molecule has 37 heavy (non-hydrogen) atoms. The molecule has 0 bridgehead atoms. The SMILES string of the molecule is Cc1cccc(COc2ccc(/C(O)=C3\C(=O)C(=O)N(Cc4ccco4)[C@@H]3c3ccc(O)cc3)cc2)c1. The maximum absolute atomic E-state index is 13.1. The number of aliphatic hydroxyl groups excluding tert-OH is 1. The molecule has 0 spiro atoms. The number of hydrogen-bond donors (Lipinski definition) is 2. The highest BCUT2D eigenvalue weighted by atomic mass is 16.5. The normalized spacial score (nSPS) is 16.8. The molecule has 0 unspecified atom stereocenters. The van der Waals surface area contributed by atoms with E-state index < -0.39 is 17.7 Å². The summed E-state index contributed by atoms with van der Waals surface area (Å²) in [5.41, 5.74) is 3.10. The molecular weight excluding hydrogens is 470 g/mol. The fraction of sp³-hybridized carbons (Fsp3) is 0.133. The van der Waals surface area contributed by atoms with Gasteiger partial charge in [0.25, 0.3) is 11.7 Å². The fourth-order valence-corrected chi connectivity index (χ4v) is 4.45. The van der Waals surface area contributed by atoms with E-state index in [1.54, 1.807) is 48.5 Å². The van der Waals surface area contributed by atoms with Gasteiger partial charge >= 0.3 is 0 Å². The van der Waals surface area contributed by atoms with Gasteiger partial charge in [0.05, 0.1) is 24.4 Å². The van der Waals surface area contributed by atoms with Crippen molar-refractivity contribution in [2.24, 2.45) is 0 Å². The lowest BCUT2D eigenvalue weighted by atomic mass is 9.95. The van der Waals surface area contributed by atoms with E-state index in [4.69, 9.17) is 9.15 Å². The first-order valence-corrected chi connectivity index (χ1v) is 11.8. The van der Waals surface area contributed by atoms with Gasteiger partial charge in [0.2, 0.25) is 0 Å². The van der Waals surface area contributed by atoms with E-state index in [1.165, 1.54) is 23.3 Å². The van der Waals surface area contributed by atoms with Crippen LogP contribution in [0.3, 0.4) is 0 Å². The van der Waals surface area contributed by atoms with Crippen molar-refractivity contribution in [1.82, 2.24) is 4.90 Å². The van der Waals surface area contributed by atoms with Crippen LogP contribution >= 0.6 is 0 Å². The zero-order chi connectivity index (χ0) is 25.9. The number of aliphatic hydroxyl groups is 1. The number of hydrogen-bond acceptors (Lipinski definition) is 6. The van der Waals surface area contributed by atoms with Crippen LogP contribution in [-0.4, -0.2) is 26.8 Å². The highest BCUT2D eigenvalue weighted by molar-refractivity contribution is 6.46. The first-order valence-electron chi connectivity index (χ1n) is 11.8. The van der Waals surface area contributed by atoms with Gasteiger partial charge in [0.1, 0.15) is 29.6 Å². The molecule has 2 heterocycles. The Labute approximate surface area is 213 Å². The van der Waals surface area contributed by atoms with Gasteiger partial charge in [-0.2, -0.15) is 0 Å². The number of ether oxygens (including phenoxy) is 1. The zero-order valence-corrected chi connectivity index (χ0v) is 20.1. The van der Waals surface area contributed by atoms with Gasteiger partial charge in [0, 0.05) is 5.56 Å². The summed E-state index contributed by atoms with van der Waals surface area (Å²) in [5.74, 6) is -0.667. The van der Waals surface area contributed by atoms with Crippen LogP contribution in [0.25, 0.3) is 5.76 Å². The Bertz CT molecular complexity index is 1450. The van der Waals surface area contributed by atoms with E-state index in [-0.39, 0.29) is 23.6 Å². The van der Waals surface area contributed by atoms with E-state index in [2.05, 4.69) is 0 Å². The van der Waals surface area contributed by atoms with Gasteiger partial charge < -0.3 is 24.3 Å². The predicted octanol–water partition coefficient (Wildman–Crippen LogP) is 5.49. The van der Waals surface area contributed by atoms with Crippen LogP contribution in [0.15, 0.2) is 101 Å². The second kappa shape index (κ2) is 10.1. The van der Waals surface area contributed by atoms with E-state index in [0.717, 1.165) is 11.1 Å². The minimum Gasteiger partial charge on any atom is -0.508 e. The topological polar surface area (TPSA) is 100 Å². The van der Waals surface area contributed by atoms with Crippen molar-refractivity contribution in [1.29, 1.82) is 0 Å². The Morgan fingerprint density at radius 1 is 0.973 bits per heavy atom. The number of aryl methyl sites for hydroxylation is 1. The Morgan fingerprint density at radius 2 is 1.73 bits per heavy atom.